The van der Waals surface area contributed by atoms with Crippen LogP contribution in [0.2, 0.25) is 18.1 Å². The van der Waals surface area contributed by atoms with Crippen LogP contribution >= 0.6 is 0 Å². The van der Waals surface area contributed by atoms with Gasteiger partial charge in [-0.25, -0.2) is 0 Å². The molecule has 0 aromatic heterocycles. The predicted octanol–water partition coefficient (Wildman–Crippen LogP) is 8.42. The van der Waals surface area contributed by atoms with Gasteiger partial charge in [-0.1, -0.05) is 148 Å². The van der Waals surface area contributed by atoms with E-state index in [1.807, 2.05) is 121 Å². The molecule has 4 aromatic rings. The van der Waals surface area contributed by atoms with Crippen molar-refractivity contribution in [2.24, 2.45) is 0 Å². The Hall–Kier alpha value is -4.09. The molecule has 0 bridgehead atoms. The van der Waals surface area contributed by atoms with Gasteiger partial charge in [0, 0.05) is 12.5 Å². The summed E-state index contributed by atoms with van der Waals surface area (Å²) >= 11 is 0. The number of hydrogen-bond donors (Lipinski definition) is 1. The van der Waals surface area contributed by atoms with E-state index < -0.39 is 76.0 Å². The third kappa shape index (κ3) is 12.4. The molecule has 344 valence electrons. The van der Waals surface area contributed by atoms with Crippen molar-refractivity contribution in [1.29, 1.82) is 0 Å². The highest BCUT2D eigenvalue weighted by atomic mass is 28.4. The Bertz CT molecular complexity index is 2020. The second kappa shape index (κ2) is 22.4. The second-order valence-electron chi connectivity index (χ2n) is 18.1. The lowest BCUT2D eigenvalue weighted by Gasteiger charge is -2.52. The Morgan fingerprint density at radius 2 is 1.23 bits per heavy atom. The molecule has 1 unspecified atom stereocenters. The van der Waals surface area contributed by atoms with E-state index in [0.717, 1.165) is 22.3 Å². The zero-order valence-corrected chi connectivity index (χ0v) is 38.9. The fourth-order valence-electron chi connectivity index (χ4n) is 7.86. The first-order chi connectivity index (χ1) is 30.9. The van der Waals surface area contributed by atoms with E-state index in [9.17, 15) is 4.79 Å². The molecular weight excluding hydrogens is 831 g/mol. The van der Waals surface area contributed by atoms with Crippen LogP contribution in [0.4, 0.5) is 0 Å². The minimum Gasteiger partial charge on any atom is -0.414 e. The van der Waals surface area contributed by atoms with E-state index in [4.69, 9.17) is 47.1 Å². The molecule has 7 rings (SSSR count). The van der Waals surface area contributed by atoms with Crippen LogP contribution in [0.3, 0.4) is 0 Å². The van der Waals surface area contributed by atoms with Gasteiger partial charge in [0.2, 0.25) is 5.91 Å². The Labute approximate surface area is 379 Å². The molecule has 0 aliphatic carbocycles. The molecule has 0 saturated carbocycles. The molecule has 11 atom stereocenters. The monoisotopic (exact) mass is 895 g/mol. The predicted molar refractivity (Wildman–Crippen MR) is 244 cm³/mol. The number of fused-ring (bicyclic) bond motifs is 1. The number of hydrogen-bond acceptors (Lipinski definition) is 11. The van der Waals surface area contributed by atoms with E-state index in [-0.39, 0.29) is 44.0 Å². The second-order valence-corrected chi connectivity index (χ2v) is 22.9. The van der Waals surface area contributed by atoms with Crippen molar-refractivity contribution < 1.29 is 51.9 Å². The van der Waals surface area contributed by atoms with E-state index in [1.165, 1.54) is 6.92 Å². The fourth-order valence-corrected chi connectivity index (χ4v) is 8.87. The van der Waals surface area contributed by atoms with E-state index in [1.54, 1.807) is 6.08 Å². The SMILES string of the molecule is C=CCO[C@H]1O[C@@H]2COC(c3ccccc3)O[C@H]2[C@H](O[C@H]2O[C@H](CO[Si](C)(C)C(C)(C)C)[C@@H](OCc3ccccc3)[C@H](OCc3ccccc3)[C@H]2OCc2ccccc2)[C@H]1NC(C)=O. The Kier molecular flexibility index (Phi) is 16.7. The van der Waals surface area contributed by atoms with Crippen LogP contribution in [-0.4, -0.2) is 95.4 Å². The molecule has 4 aromatic carbocycles. The van der Waals surface area contributed by atoms with Gasteiger partial charge in [0.25, 0.3) is 0 Å². The maximum Gasteiger partial charge on any atom is 0.217 e. The van der Waals surface area contributed by atoms with E-state index in [0.29, 0.717) is 6.61 Å². The smallest absolute Gasteiger partial charge is 0.217 e. The van der Waals surface area contributed by atoms with Gasteiger partial charge < -0.3 is 52.4 Å². The van der Waals surface area contributed by atoms with Gasteiger partial charge >= 0.3 is 0 Å². The fraction of sp³-hybridized carbons (Fsp3) is 0.471. The first-order valence-electron chi connectivity index (χ1n) is 22.3. The van der Waals surface area contributed by atoms with Crippen molar-refractivity contribution in [3.05, 3.63) is 156 Å². The molecule has 0 spiro atoms. The summed E-state index contributed by atoms with van der Waals surface area (Å²) in [6.07, 6.45) is -6.42. The zero-order chi connectivity index (χ0) is 45.1. The average molecular weight is 896 g/mol. The molecule has 3 heterocycles. The Morgan fingerprint density at radius 1 is 0.703 bits per heavy atom. The third-order valence-corrected chi connectivity index (χ3v) is 16.8. The van der Waals surface area contributed by atoms with Crippen molar-refractivity contribution in [2.45, 2.75) is 133 Å². The number of amides is 1. The number of carbonyl (C=O) groups is 1. The summed E-state index contributed by atoms with van der Waals surface area (Å²) < 4.78 is 68.2. The molecule has 12 nitrogen and oxygen atoms in total. The number of rotatable bonds is 19. The van der Waals surface area contributed by atoms with Gasteiger partial charge in [0.05, 0.1) is 39.6 Å². The number of nitrogens with one attached hydrogen (secondary N) is 1. The normalized spacial score (nSPS) is 28.5. The van der Waals surface area contributed by atoms with Crippen LogP contribution in [0.25, 0.3) is 0 Å². The molecule has 64 heavy (non-hydrogen) atoms. The highest BCUT2D eigenvalue weighted by Crippen LogP contribution is 2.41. The molecule has 13 heteroatoms. The summed E-state index contributed by atoms with van der Waals surface area (Å²) in [6.45, 7) is 17.7. The van der Waals surface area contributed by atoms with Crippen LogP contribution in [0.1, 0.15) is 56.2 Å². The molecular formula is C51H65NO11Si. The van der Waals surface area contributed by atoms with Gasteiger partial charge in [-0.05, 0) is 34.8 Å². The summed E-state index contributed by atoms with van der Waals surface area (Å²) in [4.78, 5) is 13.1. The summed E-state index contributed by atoms with van der Waals surface area (Å²) in [5.74, 6) is -0.306. The topological polar surface area (TPSA) is 121 Å². The van der Waals surface area contributed by atoms with Crippen molar-refractivity contribution >= 4 is 14.2 Å². The van der Waals surface area contributed by atoms with Crippen LogP contribution < -0.4 is 5.32 Å². The summed E-state index contributed by atoms with van der Waals surface area (Å²) in [5.41, 5.74) is 3.75. The van der Waals surface area contributed by atoms with Gasteiger partial charge in [-0.2, -0.15) is 0 Å². The lowest BCUT2D eigenvalue weighted by atomic mass is 9.94. The molecule has 3 fully saturated rings. The number of ether oxygens (including phenoxy) is 9. The van der Waals surface area contributed by atoms with Crippen LogP contribution in [0.15, 0.2) is 134 Å². The Balaban J connectivity index is 1.31. The minimum absolute atomic E-state index is 0.0820. The van der Waals surface area contributed by atoms with Crippen molar-refractivity contribution in [1.82, 2.24) is 5.32 Å². The summed E-state index contributed by atoms with van der Waals surface area (Å²) in [5, 5.41) is 3.00. The van der Waals surface area contributed by atoms with Crippen molar-refractivity contribution in [2.75, 3.05) is 19.8 Å². The Morgan fingerprint density at radius 3 is 1.77 bits per heavy atom. The molecule has 3 saturated heterocycles. The van der Waals surface area contributed by atoms with E-state index >= 15 is 0 Å². The zero-order valence-electron chi connectivity index (χ0n) is 37.9. The van der Waals surface area contributed by atoms with Crippen LogP contribution in [-0.2, 0) is 71.7 Å². The van der Waals surface area contributed by atoms with Gasteiger partial charge in [0.1, 0.15) is 48.8 Å². The highest BCUT2D eigenvalue weighted by Gasteiger charge is 2.56. The van der Waals surface area contributed by atoms with Crippen LogP contribution in [0, 0.1) is 0 Å². The first kappa shape index (κ1) is 47.9. The quantitative estimate of drug-likeness (QED) is 0.0722. The van der Waals surface area contributed by atoms with Crippen molar-refractivity contribution in [3.63, 3.8) is 0 Å². The average Bonchev–Trinajstić information content (AvgIpc) is 3.30. The van der Waals surface area contributed by atoms with Crippen LogP contribution in [0.5, 0.6) is 0 Å². The third-order valence-electron chi connectivity index (χ3n) is 12.3. The standard InChI is InChI=1S/C51H65NO11Si/c1-8-29-54-49-42(52-35(2)53)45(44-40(60-49)33-58-48(62-44)39-27-19-12-20-28-39)63-50-47(57-32-38-25-17-11-18-26-38)46(56-31-37-23-15-10-16-24-37)43(55-30-36-21-13-9-14-22-36)41(61-50)34-59-64(6,7)51(3,4)5/h8-28,40-50H,1,29-34H2,2-7H3,(H,52,53)/t40-,41-,42-,43-,44-,45-,46+,47-,48?,49+,50-/m1/s1. The first-order valence-corrected chi connectivity index (χ1v) is 25.2. The lowest BCUT2D eigenvalue weighted by Crippen LogP contribution is -2.70. The molecule has 1 N–H and O–H groups in total. The lowest BCUT2D eigenvalue weighted by molar-refractivity contribution is -0.383. The highest BCUT2D eigenvalue weighted by molar-refractivity contribution is 6.74. The maximum absolute atomic E-state index is 13.1. The van der Waals surface area contributed by atoms with Gasteiger partial charge in [-0.15, -0.1) is 6.58 Å². The number of benzene rings is 4. The van der Waals surface area contributed by atoms with Gasteiger partial charge in [-0.3, -0.25) is 4.79 Å². The van der Waals surface area contributed by atoms with Crippen molar-refractivity contribution in [3.8, 4) is 0 Å². The molecule has 3 aliphatic heterocycles. The molecule has 3 aliphatic rings. The molecule has 0 radical (unpaired) electrons. The maximum atomic E-state index is 13.1. The number of carbonyl (C=O) groups excluding carboxylic acids is 1. The minimum atomic E-state index is -2.32. The van der Waals surface area contributed by atoms with E-state index in [2.05, 4.69) is 45.8 Å². The van der Waals surface area contributed by atoms with Gasteiger partial charge in [0.15, 0.2) is 27.2 Å². The summed E-state index contributed by atoms with van der Waals surface area (Å²) in [6, 6.07) is 38.8. The molecule has 1 amide bonds. The summed E-state index contributed by atoms with van der Waals surface area (Å²) in [7, 11) is -2.32. The largest absolute Gasteiger partial charge is 0.414 e.